The molecule has 0 aliphatic heterocycles. The molecule has 0 radical (unpaired) electrons. The predicted octanol–water partition coefficient (Wildman–Crippen LogP) is 3.77. The van der Waals surface area contributed by atoms with E-state index < -0.39 is 17.5 Å². The zero-order valence-corrected chi connectivity index (χ0v) is 15.0. The van der Waals surface area contributed by atoms with E-state index in [4.69, 9.17) is 9.47 Å². The number of carbonyl (C=O) groups is 1. The summed E-state index contributed by atoms with van der Waals surface area (Å²) < 4.78 is 37.2. The van der Waals surface area contributed by atoms with Crippen molar-refractivity contribution in [3.63, 3.8) is 0 Å². The lowest BCUT2D eigenvalue weighted by molar-refractivity contribution is 0.102. The van der Waals surface area contributed by atoms with E-state index in [2.05, 4.69) is 20.6 Å². The van der Waals surface area contributed by atoms with Crippen molar-refractivity contribution in [1.82, 2.24) is 9.97 Å². The lowest BCUT2D eigenvalue weighted by atomic mass is 10.2. The van der Waals surface area contributed by atoms with Gasteiger partial charge in [-0.1, -0.05) is 0 Å². The highest BCUT2D eigenvalue weighted by molar-refractivity contribution is 6.03. The summed E-state index contributed by atoms with van der Waals surface area (Å²) in [7, 11) is 3.05. The van der Waals surface area contributed by atoms with Crippen LogP contribution in [-0.4, -0.2) is 30.1 Å². The van der Waals surface area contributed by atoms with Crippen LogP contribution in [0.1, 0.15) is 10.5 Å². The van der Waals surface area contributed by atoms with E-state index in [1.165, 1.54) is 26.6 Å². The van der Waals surface area contributed by atoms with Crippen molar-refractivity contribution in [2.24, 2.45) is 0 Å². The molecule has 0 atom stereocenters. The third-order valence-corrected chi connectivity index (χ3v) is 3.75. The third-order valence-electron chi connectivity index (χ3n) is 3.75. The topological polar surface area (TPSA) is 85.4 Å². The van der Waals surface area contributed by atoms with E-state index in [0.717, 1.165) is 12.1 Å². The zero-order chi connectivity index (χ0) is 20.1. The van der Waals surface area contributed by atoms with E-state index in [1.807, 2.05) is 0 Å². The van der Waals surface area contributed by atoms with Gasteiger partial charge in [0.2, 0.25) is 0 Å². The van der Waals surface area contributed by atoms with Crippen LogP contribution in [0.2, 0.25) is 0 Å². The van der Waals surface area contributed by atoms with Gasteiger partial charge in [0.15, 0.2) is 0 Å². The van der Waals surface area contributed by atoms with Crippen molar-refractivity contribution >= 4 is 23.1 Å². The number of halogens is 2. The Bertz CT molecular complexity index is 1010. The number of benzene rings is 2. The molecule has 0 aliphatic carbocycles. The molecule has 0 bridgehead atoms. The Morgan fingerprint density at radius 3 is 2.50 bits per heavy atom. The number of methoxy groups -OCH3 is 2. The summed E-state index contributed by atoms with van der Waals surface area (Å²) in [5.74, 6) is -0.848. The molecule has 2 aromatic carbocycles. The summed E-state index contributed by atoms with van der Waals surface area (Å²) in [4.78, 5) is 20.3. The first-order valence-electron chi connectivity index (χ1n) is 8.07. The number of hydrogen-bond donors (Lipinski definition) is 2. The highest BCUT2D eigenvalue weighted by Gasteiger charge is 2.13. The van der Waals surface area contributed by atoms with Crippen LogP contribution in [0.25, 0.3) is 0 Å². The molecule has 0 aliphatic rings. The highest BCUT2D eigenvalue weighted by atomic mass is 19.1. The smallest absolute Gasteiger partial charge is 0.274 e. The second-order valence-corrected chi connectivity index (χ2v) is 5.56. The number of ether oxygens (including phenoxy) is 2. The molecule has 0 unspecified atom stereocenters. The summed E-state index contributed by atoms with van der Waals surface area (Å²) in [6.45, 7) is 0. The molecule has 3 aromatic rings. The van der Waals surface area contributed by atoms with Gasteiger partial charge in [0, 0.05) is 18.2 Å². The monoisotopic (exact) mass is 386 g/mol. The average molecular weight is 386 g/mol. The van der Waals surface area contributed by atoms with Gasteiger partial charge in [-0.2, -0.15) is 0 Å². The maximum absolute atomic E-state index is 13.7. The fourth-order valence-electron chi connectivity index (χ4n) is 2.38. The summed E-state index contributed by atoms with van der Waals surface area (Å²) >= 11 is 0. The minimum Gasteiger partial charge on any atom is -0.497 e. The van der Waals surface area contributed by atoms with Gasteiger partial charge in [0.25, 0.3) is 5.91 Å². The van der Waals surface area contributed by atoms with E-state index in [0.29, 0.717) is 29.1 Å². The fraction of sp³-hybridized carbons (Fsp3) is 0.105. The van der Waals surface area contributed by atoms with Crippen molar-refractivity contribution in [3.05, 3.63) is 66.1 Å². The maximum atomic E-state index is 13.7. The quantitative estimate of drug-likeness (QED) is 0.671. The number of rotatable bonds is 6. The number of anilines is 3. The molecule has 1 amide bonds. The first-order chi connectivity index (χ1) is 13.5. The van der Waals surface area contributed by atoms with E-state index in [-0.39, 0.29) is 11.4 Å². The first-order valence-corrected chi connectivity index (χ1v) is 8.07. The van der Waals surface area contributed by atoms with Crippen LogP contribution in [0.4, 0.5) is 26.0 Å². The van der Waals surface area contributed by atoms with Crippen molar-refractivity contribution in [2.75, 3.05) is 24.9 Å². The van der Waals surface area contributed by atoms with Crippen LogP contribution < -0.4 is 20.1 Å². The van der Waals surface area contributed by atoms with Gasteiger partial charge < -0.3 is 20.1 Å². The molecule has 9 heteroatoms. The standard InChI is InChI=1S/C19H16F2N4O3/c1-27-12-4-6-17(28-2)15(8-12)24-18-9-16(22-10-23-18)19(26)25-14-5-3-11(20)7-13(14)21/h3-10H,1-2H3,(H,25,26)(H,22,23,24). The Labute approximate surface area is 159 Å². The van der Waals surface area contributed by atoms with E-state index in [9.17, 15) is 13.6 Å². The summed E-state index contributed by atoms with van der Waals surface area (Å²) in [6, 6.07) is 9.39. The van der Waals surface area contributed by atoms with Crippen molar-refractivity contribution in [3.8, 4) is 11.5 Å². The molecule has 0 saturated heterocycles. The van der Waals surface area contributed by atoms with E-state index >= 15 is 0 Å². The van der Waals surface area contributed by atoms with Gasteiger partial charge in [0.05, 0.1) is 25.6 Å². The largest absolute Gasteiger partial charge is 0.497 e. The number of nitrogens with one attached hydrogen (secondary N) is 2. The Morgan fingerprint density at radius 2 is 1.79 bits per heavy atom. The van der Waals surface area contributed by atoms with Gasteiger partial charge >= 0.3 is 0 Å². The lowest BCUT2D eigenvalue weighted by Crippen LogP contribution is -2.15. The number of aromatic nitrogens is 2. The Hall–Kier alpha value is -3.75. The normalized spacial score (nSPS) is 10.3. The number of nitrogens with zero attached hydrogens (tertiary/aromatic N) is 2. The van der Waals surface area contributed by atoms with Gasteiger partial charge in [-0.25, -0.2) is 18.7 Å². The average Bonchev–Trinajstić information content (AvgIpc) is 2.70. The molecule has 0 spiro atoms. The molecule has 1 heterocycles. The molecule has 28 heavy (non-hydrogen) atoms. The number of hydrogen-bond acceptors (Lipinski definition) is 6. The summed E-state index contributed by atoms with van der Waals surface area (Å²) in [6.07, 6.45) is 1.19. The maximum Gasteiger partial charge on any atom is 0.274 e. The zero-order valence-electron chi connectivity index (χ0n) is 15.0. The number of carbonyl (C=O) groups excluding carboxylic acids is 1. The van der Waals surface area contributed by atoms with Crippen molar-refractivity contribution in [1.29, 1.82) is 0 Å². The first kappa shape index (κ1) is 19.0. The van der Waals surface area contributed by atoms with E-state index in [1.54, 1.807) is 18.2 Å². The predicted molar refractivity (Wildman–Crippen MR) is 99.2 cm³/mol. The molecule has 144 valence electrons. The van der Waals surface area contributed by atoms with Crippen LogP contribution in [0.15, 0.2) is 48.8 Å². The Balaban J connectivity index is 1.81. The molecule has 0 fully saturated rings. The minimum atomic E-state index is -0.887. The second-order valence-electron chi connectivity index (χ2n) is 5.56. The Morgan fingerprint density at radius 1 is 0.964 bits per heavy atom. The summed E-state index contributed by atoms with van der Waals surface area (Å²) in [5, 5.41) is 5.36. The molecule has 7 nitrogen and oxygen atoms in total. The summed E-state index contributed by atoms with van der Waals surface area (Å²) in [5.41, 5.74) is 0.397. The third kappa shape index (κ3) is 4.32. The molecule has 1 aromatic heterocycles. The van der Waals surface area contributed by atoms with Crippen LogP contribution in [0.5, 0.6) is 11.5 Å². The van der Waals surface area contributed by atoms with Gasteiger partial charge in [0.1, 0.15) is 41.0 Å². The molecule has 0 saturated carbocycles. The van der Waals surface area contributed by atoms with Crippen LogP contribution >= 0.6 is 0 Å². The molecule has 3 rings (SSSR count). The van der Waals surface area contributed by atoms with Crippen LogP contribution in [0.3, 0.4) is 0 Å². The van der Waals surface area contributed by atoms with Gasteiger partial charge in [-0.15, -0.1) is 0 Å². The Kier molecular flexibility index (Phi) is 5.64. The van der Waals surface area contributed by atoms with Crippen LogP contribution in [0, 0.1) is 11.6 Å². The lowest BCUT2D eigenvalue weighted by Gasteiger charge is -2.12. The van der Waals surface area contributed by atoms with Crippen LogP contribution in [-0.2, 0) is 0 Å². The van der Waals surface area contributed by atoms with Crippen molar-refractivity contribution in [2.45, 2.75) is 0 Å². The van der Waals surface area contributed by atoms with Crippen molar-refractivity contribution < 1.29 is 23.0 Å². The number of amides is 1. The second kappa shape index (κ2) is 8.30. The molecular weight excluding hydrogens is 370 g/mol. The SMILES string of the molecule is COc1ccc(OC)c(Nc2cc(C(=O)Nc3ccc(F)cc3F)ncn2)c1. The van der Waals surface area contributed by atoms with Gasteiger partial charge in [-0.3, -0.25) is 4.79 Å². The molecule has 2 N–H and O–H groups in total. The highest BCUT2D eigenvalue weighted by Crippen LogP contribution is 2.31. The molecular formula is C19H16F2N4O3. The van der Waals surface area contributed by atoms with Gasteiger partial charge in [-0.05, 0) is 24.3 Å². The fourth-order valence-corrected chi connectivity index (χ4v) is 2.38. The minimum absolute atomic E-state index is 0.0110.